The maximum Gasteiger partial charge on any atom is 0.308 e. The van der Waals surface area contributed by atoms with Crippen molar-refractivity contribution in [2.75, 3.05) is 7.11 Å². The van der Waals surface area contributed by atoms with Crippen molar-refractivity contribution in [2.24, 2.45) is 0 Å². The standard InChI is InChI=1S/C10H9Cl2IO3/c1-5(14)16-9-7(13)3-6(10(11)12)4-8(9)15-2/h3-4,10H,1-2H3. The van der Waals surface area contributed by atoms with Crippen molar-refractivity contribution in [3.8, 4) is 11.5 Å². The Morgan fingerprint density at radius 1 is 1.44 bits per heavy atom. The van der Waals surface area contributed by atoms with E-state index in [1.807, 2.05) is 22.6 Å². The number of hydrogen-bond acceptors (Lipinski definition) is 3. The van der Waals surface area contributed by atoms with Gasteiger partial charge in [0, 0.05) is 6.92 Å². The summed E-state index contributed by atoms with van der Waals surface area (Å²) in [7, 11) is 1.49. The van der Waals surface area contributed by atoms with Crippen molar-refractivity contribution in [2.45, 2.75) is 11.8 Å². The zero-order valence-corrected chi connectivity index (χ0v) is 12.3. The van der Waals surface area contributed by atoms with Crippen LogP contribution in [-0.4, -0.2) is 13.1 Å². The summed E-state index contributed by atoms with van der Waals surface area (Å²) in [6.07, 6.45) is 0. The van der Waals surface area contributed by atoms with Crippen LogP contribution in [0.3, 0.4) is 0 Å². The van der Waals surface area contributed by atoms with Crippen molar-refractivity contribution in [1.29, 1.82) is 0 Å². The molecule has 0 aliphatic rings. The fourth-order valence-electron chi connectivity index (χ4n) is 1.11. The summed E-state index contributed by atoms with van der Waals surface area (Å²) in [5.74, 6) is 0.411. The highest BCUT2D eigenvalue weighted by Crippen LogP contribution is 2.38. The molecule has 0 aromatic heterocycles. The van der Waals surface area contributed by atoms with Crippen molar-refractivity contribution >= 4 is 51.8 Å². The molecule has 0 bridgehead atoms. The molecule has 0 fully saturated rings. The molecule has 0 saturated heterocycles. The largest absolute Gasteiger partial charge is 0.493 e. The predicted molar refractivity (Wildman–Crippen MR) is 71.5 cm³/mol. The van der Waals surface area contributed by atoms with Crippen LogP contribution in [0.25, 0.3) is 0 Å². The summed E-state index contributed by atoms with van der Waals surface area (Å²) in [4.78, 5) is 10.3. The third-order valence-electron chi connectivity index (χ3n) is 1.75. The van der Waals surface area contributed by atoms with Gasteiger partial charge in [0.15, 0.2) is 11.5 Å². The van der Waals surface area contributed by atoms with E-state index in [4.69, 9.17) is 32.7 Å². The molecule has 0 radical (unpaired) electrons. The SMILES string of the molecule is COc1cc(C(Cl)Cl)cc(I)c1OC(C)=O. The number of methoxy groups -OCH3 is 1. The maximum atomic E-state index is 10.9. The minimum Gasteiger partial charge on any atom is -0.493 e. The van der Waals surface area contributed by atoms with Crippen molar-refractivity contribution in [3.05, 3.63) is 21.3 Å². The predicted octanol–water partition coefficient (Wildman–Crippen LogP) is 3.70. The number of hydrogen-bond donors (Lipinski definition) is 0. The first-order valence-corrected chi connectivity index (χ1v) is 6.25. The van der Waals surface area contributed by atoms with Crippen LogP contribution in [0.2, 0.25) is 0 Å². The Balaban J connectivity index is 3.22. The number of esters is 1. The second kappa shape index (κ2) is 5.93. The van der Waals surface area contributed by atoms with Gasteiger partial charge in [-0.1, -0.05) is 0 Å². The summed E-state index contributed by atoms with van der Waals surface area (Å²) in [6, 6.07) is 3.39. The third kappa shape index (κ3) is 3.40. The van der Waals surface area contributed by atoms with Crippen LogP contribution in [0.5, 0.6) is 11.5 Å². The zero-order chi connectivity index (χ0) is 12.3. The topological polar surface area (TPSA) is 35.5 Å². The molecule has 0 aliphatic heterocycles. The average Bonchev–Trinajstić information content (AvgIpc) is 2.19. The third-order valence-corrected chi connectivity index (χ3v) is 3.05. The van der Waals surface area contributed by atoms with E-state index in [0.717, 1.165) is 0 Å². The Hall–Kier alpha value is -0.200. The number of alkyl halides is 2. The number of carbonyl (C=O) groups is 1. The van der Waals surface area contributed by atoms with Crippen LogP contribution in [-0.2, 0) is 4.79 Å². The van der Waals surface area contributed by atoms with Crippen molar-refractivity contribution in [3.63, 3.8) is 0 Å². The van der Waals surface area contributed by atoms with Gasteiger partial charge < -0.3 is 9.47 Å². The smallest absolute Gasteiger partial charge is 0.308 e. The van der Waals surface area contributed by atoms with Crippen LogP contribution in [0.15, 0.2) is 12.1 Å². The minimum atomic E-state index is -0.645. The van der Waals surface area contributed by atoms with E-state index in [-0.39, 0.29) is 0 Å². The number of ether oxygens (including phenoxy) is 2. The van der Waals surface area contributed by atoms with Crippen LogP contribution >= 0.6 is 45.8 Å². The number of rotatable bonds is 3. The number of halogens is 3. The number of benzene rings is 1. The average molecular weight is 375 g/mol. The molecule has 0 atom stereocenters. The molecule has 3 nitrogen and oxygen atoms in total. The fourth-order valence-corrected chi connectivity index (χ4v) is 2.10. The van der Waals surface area contributed by atoms with Gasteiger partial charge in [-0.3, -0.25) is 4.79 Å². The zero-order valence-electron chi connectivity index (χ0n) is 8.59. The summed E-state index contributed by atoms with van der Waals surface area (Å²) < 4.78 is 10.9. The first kappa shape index (κ1) is 13.9. The van der Waals surface area contributed by atoms with Gasteiger partial charge in [-0.15, -0.1) is 23.2 Å². The summed E-state index contributed by atoms with van der Waals surface area (Å²) >= 11 is 13.5. The lowest BCUT2D eigenvalue weighted by molar-refractivity contribution is -0.132. The molecular weight excluding hydrogens is 366 g/mol. The van der Waals surface area contributed by atoms with E-state index in [1.54, 1.807) is 12.1 Å². The Bertz CT molecular complexity index is 407. The summed E-state index contributed by atoms with van der Waals surface area (Å²) in [5.41, 5.74) is 0.695. The Morgan fingerprint density at radius 3 is 2.50 bits per heavy atom. The van der Waals surface area contributed by atoms with Gasteiger partial charge in [-0.2, -0.15) is 0 Å². The molecule has 88 valence electrons. The van der Waals surface area contributed by atoms with Gasteiger partial charge in [-0.25, -0.2) is 0 Å². The van der Waals surface area contributed by atoms with E-state index >= 15 is 0 Å². The molecule has 1 aromatic rings. The maximum absolute atomic E-state index is 10.9. The molecule has 0 unspecified atom stereocenters. The van der Waals surface area contributed by atoms with E-state index < -0.39 is 10.8 Å². The van der Waals surface area contributed by atoms with Gasteiger partial charge in [-0.05, 0) is 40.3 Å². The molecular formula is C10H9Cl2IO3. The monoisotopic (exact) mass is 374 g/mol. The molecule has 0 spiro atoms. The second-order valence-electron chi connectivity index (χ2n) is 2.93. The van der Waals surface area contributed by atoms with Crippen molar-refractivity contribution < 1.29 is 14.3 Å². The second-order valence-corrected chi connectivity index (χ2v) is 5.19. The normalized spacial score (nSPS) is 10.4. The molecule has 0 saturated carbocycles. The first-order chi connectivity index (χ1) is 7.45. The lowest BCUT2D eigenvalue weighted by Gasteiger charge is -2.12. The summed E-state index contributed by atoms with van der Waals surface area (Å²) in [5, 5.41) is 0. The molecule has 0 heterocycles. The lowest BCUT2D eigenvalue weighted by atomic mass is 10.2. The molecule has 0 amide bonds. The molecule has 6 heteroatoms. The van der Waals surface area contributed by atoms with Crippen molar-refractivity contribution in [1.82, 2.24) is 0 Å². The van der Waals surface area contributed by atoms with E-state index in [1.165, 1.54) is 14.0 Å². The lowest BCUT2D eigenvalue weighted by Crippen LogP contribution is -2.05. The van der Waals surface area contributed by atoms with E-state index in [0.29, 0.717) is 20.6 Å². The Kier molecular flexibility index (Phi) is 5.14. The van der Waals surface area contributed by atoms with E-state index in [2.05, 4.69) is 0 Å². The first-order valence-electron chi connectivity index (χ1n) is 4.29. The Labute approximate surface area is 117 Å². The molecule has 1 rings (SSSR count). The van der Waals surface area contributed by atoms with Gasteiger partial charge >= 0.3 is 5.97 Å². The molecule has 0 aliphatic carbocycles. The Morgan fingerprint density at radius 2 is 2.06 bits per heavy atom. The molecule has 16 heavy (non-hydrogen) atoms. The highest BCUT2D eigenvalue weighted by Gasteiger charge is 2.15. The van der Waals surface area contributed by atoms with Crippen LogP contribution in [0.1, 0.15) is 17.3 Å². The quantitative estimate of drug-likeness (QED) is 0.350. The number of carbonyl (C=O) groups excluding carboxylic acids is 1. The fraction of sp³-hybridized carbons (Fsp3) is 0.300. The highest BCUT2D eigenvalue weighted by atomic mass is 127. The van der Waals surface area contributed by atoms with Crippen LogP contribution in [0, 0.1) is 3.57 Å². The van der Waals surface area contributed by atoms with Crippen LogP contribution in [0.4, 0.5) is 0 Å². The highest BCUT2D eigenvalue weighted by molar-refractivity contribution is 14.1. The molecule has 0 N–H and O–H groups in total. The van der Waals surface area contributed by atoms with Gasteiger partial charge in [0.05, 0.1) is 10.7 Å². The molecule has 1 aromatic carbocycles. The summed E-state index contributed by atoms with van der Waals surface area (Å²) in [6.45, 7) is 1.33. The van der Waals surface area contributed by atoms with Gasteiger partial charge in [0.25, 0.3) is 0 Å². The van der Waals surface area contributed by atoms with Gasteiger partial charge in [0.2, 0.25) is 0 Å². The minimum absolute atomic E-state index is 0.383. The van der Waals surface area contributed by atoms with Gasteiger partial charge in [0.1, 0.15) is 4.84 Å². The van der Waals surface area contributed by atoms with Crippen LogP contribution < -0.4 is 9.47 Å². The van der Waals surface area contributed by atoms with E-state index in [9.17, 15) is 4.79 Å².